The van der Waals surface area contributed by atoms with E-state index in [4.69, 9.17) is 23.2 Å². The van der Waals surface area contributed by atoms with Crippen LogP contribution >= 0.6 is 23.2 Å². The Bertz CT molecular complexity index is 1610. The fourth-order valence-corrected chi connectivity index (χ4v) is 6.65. The first-order valence-corrected chi connectivity index (χ1v) is 15.1. The van der Waals surface area contributed by atoms with Crippen molar-refractivity contribution in [2.24, 2.45) is 0 Å². The van der Waals surface area contributed by atoms with Gasteiger partial charge in [0.05, 0.1) is 5.41 Å². The molecule has 0 unspecified atom stereocenters. The van der Waals surface area contributed by atoms with Crippen LogP contribution in [0.2, 0.25) is 10.0 Å². The molecular weight excluding hydrogens is 559 g/mol. The molecule has 0 aliphatic carbocycles. The summed E-state index contributed by atoms with van der Waals surface area (Å²) < 4.78 is 71.9. The van der Waals surface area contributed by atoms with Crippen molar-refractivity contribution in [1.82, 2.24) is 0 Å². The molecule has 0 saturated carbocycles. The van der Waals surface area contributed by atoms with Gasteiger partial charge >= 0.3 is 0 Å². The normalized spacial score (nSPS) is 19.7. The van der Waals surface area contributed by atoms with E-state index in [0.717, 1.165) is 11.1 Å². The maximum absolute atomic E-state index is 11.7. The lowest BCUT2D eigenvalue weighted by Gasteiger charge is -2.27. The second kappa shape index (κ2) is 9.21. The number of hydrogen-bond donors (Lipinski definition) is 0. The van der Waals surface area contributed by atoms with Crippen LogP contribution in [0, 0.1) is 0 Å². The van der Waals surface area contributed by atoms with Crippen LogP contribution in [0.3, 0.4) is 0 Å². The number of nitrogens with zero attached hydrogens (tertiary/aromatic N) is 2. The van der Waals surface area contributed by atoms with Gasteiger partial charge in [0.15, 0.2) is 15.8 Å². The fourth-order valence-electron chi connectivity index (χ4n) is 5.12. The molecule has 2 heterocycles. The average molecular weight is 585 g/mol. The van der Waals surface area contributed by atoms with Crippen LogP contribution in [0.1, 0.15) is 38.8 Å². The molecule has 12 heteroatoms. The molecule has 0 bridgehead atoms. The number of fused-ring (bicyclic) bond motifs is 2. The summed E-state index contributed by atoms with van der Waals surface area (Å²) in [6, 6.07) is 10.1. The van der Waals surface area contributed by atoms with Gasteiger partial charge in [-0.25, -0.2) is 16.8 Å². The first-order chi connectivity index (χ1) is 16.9. The molecule has 0 spiro atoms. The minimum Gasteiger partial charge on any atom is -0.747 e. The average Bonchev–Trinajstić information content (AvgIpc) is 3.05. The fraction of sp³-hybridized carbons (Fsp3) is 0.320. The standard InChI is InChI=1S/C25H26Cl2N2O6S2/c1-24(2)18-12-16(26)8-10-20(18)28(14-36(30,31)32)22(24)6-5-7-23-25(3,4)19-13-17(27)9-11-21(19)29(23)15-37(33,34)35/h5-13H,14-15H2,1-4H3,(H-,30,31,32,33,34,35)/p-1. The van der Waals surface area contributed by atoms with Crippen LogP contribution in [-0.2, 0) is 31.1 Å². The lowest BCUT2D eigenvalue weighted by atomic mass is 9.81. The van der Waals surface area contributed by atoms with Crippen LogP contribution < -0.4 is 4.90 Å². The van der Waals surface area contributed by atoms with E-state index in [1.807, 2.05) is 27.7 Å². The van der Waals surface area contributed by atoms with E-state index in [1.54, 1.807) is 54.6 Å². The summed E-state index contributed by atoms with van der Waals surface area (Å²) in [4.78, 5) is 1.44. The highest BCUT2D eigenvalue weighted by Crippen LogP contribution is 2.49. The predicted molar refractivity (Wildman–Crippen MR) is 143 cm³/mol. The molecule has 2 aliphatic heterocycles. The number of halogens is 2. The lowest BCUT2D eigenvalue weighted by Crippen LogP contribution is -2.31. The second-order valence-corrected chi connectivity index (χ2v) is 13.7. The second-order valence-electron chi connectivity index (χ2n) is 10.1. The third-order valence-corrected chi connectivity index (χ3v) is 8.41. The molecular formula is C25H25Cl2N2O6S2-. The van der Waals surface area contributed by atoms with Crippen molar-refractivity contribution in [2.75, 3.05) is 16.7 Å². The van der Waals surface area contributed by atoms with Crippen molar-refractivity contribution in [1.29, 1.82) is 0 Å². The highest BCUT2D eigenvalue weighted by Gasteiger charge is 2.45. The minimum absolute atomic E-state index is 0.475. The summed E-state index contributed by atoms with van der Waals surface area (Å²) >= 11 is 12.4. The van der Waals surface area contributed by atoms with Gasteiger partial charge in [0, 0.05) is 44.6 Å². The first-order valence-electron chi connectivity index (χ1n) is 11.2. The molecule has 0 fully saturated rings. The summed E-state index contributed by atoms with van der Waals surface area (Å²) in [5.74, 6) is -1.53. The van der Waals surface area contributed by atoms with Crippen LogP contribution in [0.15, 0.2) is 60.3 Å². The Balaban J connectivity index is 1.85. The summed E-state index contributed by atoms with van der Waals surface area (Å²) in [6.45, 7) is 7.56. The monoisotopic (exact) mass is 583 g/mol. The topological polar surface area (TPSA) is 121 Å². The van der Waals surface area contributed by atoms with Crippen LogP contribution in [0.25, 0.3) is 0 Å². The van der Waals surface area contributed by atoms with Crippen LogP contribution in [0.4, 0.5) is 11.4 Å². The summed E-state index contributed by atoms with van der Waals surface area (Å²) in [5, 5.41) is 0.949. The lowest BCUT2D eigenvalue weighted by molar-refractivity contribution is -0.416. The zero-order chi connectivity index (χ0) is 27.6. The van der Waals surface area contributed by atoms with E-state index < -0.39 is 42.8 Å². The van der Waals surface area contributed by atoms with Gasteiger partial charge in [0.2, 0.25) is 11.6 Å². The zero-order valence-corrected chi connectivity index (χ0v) is 23.7. The van der Waals surface area contributed by atoms with Crippen LogP contribution in [-0.4, -0.2) is 48.0 Å². The molecule has 0 amide bonds. The molecule has 0 saturated heterocycles. The van der Waals surface area contributed by atoms with Crippen molar-refractivity contribution in [3.63, 3.8) is 0 Å². The summed E-state index contributed by atoms with van der Waals surface area (Å²) in [5.41, 5.74) is 2.34. The molecule has 0 radical (unpaired) electrons. The minimum atomic E-state index is -4.62. The smallest absolute Gasteiger partial charge is 0.237 e. The molecule has 2 aromatic rings. The number of benzene rings is 2. The molecule has 4 rings (SSSR count). The largest absolute Gasteiger partial charge is 0.747 e. The van der Waals surface area contributed by atoms with Gasteiger partial charge in [-0.2, -0.15) is 4.58 Å². The molecule has 37 heavy (non-hydrogen) atoms. The van der Waals surface area contributed by atoms with Crippen LogP contribution in [0.5, 0.6) is 0 Å². The molecule has 2 aromatic carbocycles. The Hall–Kier alpha value is -2.21. The van der Waals surface area contributed by atoms with E-state index >= 15 is 0 Å². The molecule has 0 N–H and O–H groups in total. The molecule has 0 aromatic heterocycles. The summed E-state index contributed by atoms with van der Waals surface area (Å²) in [6.07, 6.45) is 5.02. The van der Waals surface area contributed by atoms with Gasteiger partial charge in [-0.15, -0.1) is 0 Å². The molecule has 2 aliphatic rings. The predicted octanol–water partition coefficient (Wildman–Crippen LogP) is 4.61. The Labute approximate surface area is 227 Å². The SMILES string of the molecule is CC1(C)C(=CC=CC2=[N+](CS(=O)(=O)[O-])c3ccc(Cl)cc3C2(C)C)N(CS(=O)(=O)[O-])c2ccc(Cl)cc21. The van der Waals surface area contributed by atoms with E-state index in [2.05, 4.69) is 0 Å². The van der Waals surface area contributed by atoms with E-state index in [9.17, 15) is 25.9 Å². The Morgan fingerprint density at radius 2 is 1.49 bits per heavy atom. The van der Waals surface area contributed by atoms with Crippen molar-refractivity contribution in [3.05, 3.63) is 81.5 Å². The van der Waals surface area contributed by atoms with Gasteiger partial charge in [-0.3, -0.25) is 0 Å². The van der Waals surface area contributed by atoms with E-state index in [0.29, 0.717) is 32.8 Å². The van der Waals surface area contributed by atoms with E-state index in [1.165, 1.54) is 9.48 Å². The molecule has 8 nitrogen and oxygen atoms in total. The Morgan fingerprint density at radius 1 is 0.892 bits per heavy atom. The molecule has 198 valence electrons. The van der Waals surface area contributed by atoms with Crippen molar-refractivity contribution in [2.45, 2.75) is 38.5 Å². The number of allylic oxidation sites excluding steroid dienone is 4. The number of anilines is 1. The number of rotatable bonds is 6. The Morgan fingerprint density at radius 3 is 2.08 bits per heavy atom. The Kier molecular flexibility index (Phi) is 6.93. The summed E-state index contributed by atoms with van der Waals surface area (Å²) in [7, 11) is -9.24. The number of hydrogen-bond acceptors (Lipinski definition) is 7. The zero-order valence-electron chi connectivity index (χ0n) is 20.5. The van der Waals surface area contributed by atoms with E-state index in [-0.39, 0.29) is 0 Å². The third kappa shape index (κ3) is 5.36. The molecule has 0 atom stereocenters. The third-order valence-electron chi connectivity index (χ3n) is 6.79. The van der Waals surface area contributed by atoms with Gasteiger partial charge in [0.1, 0.15) is 16.0 Å². The van der Waals surface area contributed by atoms with Gasteiger partial charge in [-0.1, -0.05) is 43.1 Å². The van der Waals surface area contributed by atoms with Gasteiger partial charge < -0.3 is 14.0 Å². The van der Waals surface area contributed by atoms with Gasteiger partial charge in [0.25, 0.3) is 0 Å². The van der Waals surface area contributed by atoms with Gasteiger partial charge in [-0.05, 0) is 55.8 Å². The highest BCUT2D eigenvalue weighted by atomic mass is 35.5. The maximum atomic E-state index is 11.7. The first kappa shape index (κ1) is 27.8. The van der Waals surface area contributed by atoms with Crippen molar-refractivity contribution < 1.29 is 30.5 Å². The van der Waals surface area contributed by atoms with Crippen molar-refractivity contribution in [3.8, 4) is 0 Å². The maximum Gasteiger partial charge on any atom is 0.237 e. The quantitative estimate of drug-likeness (QED) is 0.359. The van der Waals surface area contributed by atoms with Crippen molar-refractivity contribution >= 4 is 60.5 Å². The highest BCUT2D eigenvalue weighted by molar-refractivity contribution is 7.85.